The van der Waals surface area contributed by atoms with E-state index in [-0.39, 0.29) is 16.6 Å². The third-order valence-corrected chi connectivity index (χ3v) is 5.75. The molecule has 0 bridgehead atoms. The number of sulfonamides is 1. The Morgan fingerprint density at radius 3 is 2.35 bits per heavy atom. The Morgan fingerprint density at radius 2 is 1.78 bits per heavy atom. The molecular weight excluding hydrogens is 316 g/mol. The first kappa shape index (κ1) is 17.7. The van der Waals surface area contributed by atoms with Crippen LogP contribution >= 0.6 is 0 Å². The molecular formula is C16H24N2O4S. The summed E-state index contributed by atoms with van der Waals surface area (Å²) in [5.74, 6) is 0.0929. The van der Waals surface area contributed by atoms with Crippen molar-refractivity contribution in [1.82, 2.24) is 9.62 Å². The zero-order chi connectivity index (χ0) is 17.2. The third-order valence-electron chi connectivity index (χ3n) is 4.19. The quantitative estimate of drug-likeness (QED) is 0.883. The number of benzene rings is 1. The van der Waals surface area contributed by atoms with Gasteiger partial charge in [0.25, 0.3) is 0 Å². The van der Waals surface area contributed by atoms with Gasteiger partial charge < -0.3 is 9.64 Å². The van der Waals surface area contributed by atoms with Gasteiger partial charge in [0.1, 0.15) is 10.6 Å². The second-order valence-electron chi connectivity index (χ2n) is 5.96. The molecule has 0 unspecified atom stereocenters. The van der Waals surface area contributed by atoms with E-state index >= 15 is 0 Å². The van der Waals surface area contributed by atoms with Crippen molar-refractivity contribution in [3.63, 3.8) is 0 Å². The minimum atomic E-state index is -3.84. The lowest BCUT2D eigenvalue weighted by Crippen LogP contribution is -2.45. The van der Waals surface area contributed by atoms with Crippen LogP contribution in [0.25, 0.3) is 0 Å². The molecule has 1 saturated heterocycles. The summed E-state index contributed by atoms with van der Waals surface area (Å²) in [5, 5.41) is 0. The van der Waals surface area contributed by atoms with Gasteiger partial charge in [0.05, 0.1) is 13.2 Å². The van der Waals surface area contributed by atoms with Crippen LogP contribution in [0, 0.1) is 13.8 Å². The third kappa shape index (κ3) is 3.84. The lowest BCUT2D eigenvalue weighted by Gasteiger charge is -2.21. The van der Waals surface area contributed by atoms with E-state index in [9.17, 15) is 13.2 Å². The topological polar surface area (TPSA) is 75.7 Å². The Hall–Kier alpha value is -1.60. The first-order chi connectivity index (χ1) is 10.8. The molecule has 1 atom stereocenters. The number of hydrogen-bond donors (Lipinski definition) is 1. The van der Waals surface area contributed by atoms with Gasteiger partial charge in [0.15, 0.2) is 0 Å². The molecule has 0 radical (unpaired) electrons. The summed E-state index contributed by atoms with van der Waals surface area (Å²) in [6.07, 6.45) is 1.94. The average Bonchev–Trinajstić information content (AvgIpc) is 3.02. The number of carbonyl (C=O) groups is 1. The van der Waals surface area contributed by atoms with E-state index in [0.29, 0.717) is 13.1 Å². The van der Waals surface area contributed by atoms with Crippen molar-refractivity contribution in [2.24, 2.45) is 0 Å². The van der Waals surface area contributed by atoms with Crippen LogP contribution in [0.15, 0.2) is 17.0 Å². The van der Waals surface area contributed by atoms with Crippen LogP contribution < -0.4 is 9.46 Å². The van der Waals surface area contributed by atoms with Gasteiger partial charge in [-0.25, -0.2) is 8.42 Å². The van der Waals surface area contributed by atoms with E-state index in [1.165, 1.54) is 7.11 Å². The number of likely N-dealkylation sites (tertiary alicyclic amines) is 1. The fourth-order valence-electron chi connectivity index (χ4n) is 2.69. The SMILES string of the molecule is COc1cc(C)c(C)cc1S(=O)(=O)N[C@@H](C)C(=O)N1CCCC1. The predicted molar refractivity (Wildman–Crippen MR) is 88.1 cm³/mol. The maximum atomic E-state index is 12.6. The molecule has 0 saturated carbocycles. The zero-order valence-electron chi connectivity index (χ0n) is 14.0. The Bertz CT molecular complexity index is 694. The van der Waals surface area contributed by atoms with E-state index < -0.39 is 16.1 Å². The van der Waals surface area contributed by atoms with Crippen molar-refractivity contribution in [3.8, 4) is 5.75 Å². The van der Waals surface area contributed by atoms with E-state index in [1.54, 1.807) is 24.0 Å². The van der Waals surface area contributed by atoms with Gasteiger partial charge in [-0.2, -0.15) is 4.72 Å². The van der Waals surface area contributed by atoms with Crippen LogP contribution in [-0.4, -0.2) is 45.5 Å². The molecule has 1 aliphatic rings. The summed E-state index contributed by atoms with van der Waals surface area (Å²) < 4.78 is 33.0. The van der Waals surface area contributed by atoms with Gasteiger partial charge in [-0.1, -0.05) is 0 Å². The Labute approximate surface area is 137 Å². The van der Waals surface area contributed by atoms with Gasteiger partial charge in [0.2, 0.25) is 15.9 Å². The standard InChI is InChI=1S/C16H24N2O4S/c1-11-9-14(22-4)15(10-12(11)2)23(20,21)17-13(3)16(19)18-7-5-6-8-18/h9-10,13,17H,5-8H2,1-4H3/t13-/m0/s1. The van der Waals surface area contributed by atoms with Crippen LogP contribution in [0.2, 0.25) is 0 Å². The molecule has 6 nitrogen and oxygen atoms in total. The van der Waals surface area contributed by atoms with Gasteiger partial charge in [0, 0.05) is 13.1 Å². The minimum Gasteiger partial charge on any atom is -0.495 e. The number of rotatable bonds is 5. The number of carbonyl (C=O) groups excluding carboxylic acids is 1. The molecule has 2 rings (SSSR count). The molecule has 0 aliphatic carbocycles. The number of methoxy groups -OCH3 is 1. The number of aryl methyl sites for hydroxylation is 2. The van der Waals surface area contributed by atoms with Crippen LogP contribution in [-0.2, 0) is 14.8 Å². The Kier molecular flexibility index (Phi) is 5.31. The van der Waals surface area contributed by atoms with Gasteiger partial charge in [-0.15, -0.1) is 0 Å². The second kappa shape index (κ2) is 6.88. The normalized spacial score (nSPS) is 16.4. The molecule has 1 aliphatic heterocycles. The van der Waals surface area contributed by atoms with Crippen molar-refractivity contribution in [3.05, 3.63) is 23.3 Å². The molecule has 1 heterocycles. The second-order valence-corrected chi connectivity index (χ2v) is 7.65. The van der Waals surface area contributed by atoms with Crippen LogP contribution in [0.4, 0.5) is 0 Å². The van der Waals surface area contributed by atoms with Crippen molar-refractivity contribution in [2.45, 2.75) is 44.6 Å². The fourth-order valence-corrected chi connectivity index (χ4v) is 4.12. The van der Waals surface area contributed by atoms with Gasteiger partial charge in [-0.05, 0) is 56.9 Å². The monoisotopic (exact) mass is 340 g/mol. The molecule has 23 heavy (non-hydrogen) atoms. The van der Waals surface area contributed by atoms with Crippen LogP contribution in [0.1, 0.15) is 30.9 Å². The van der Waals surface area contributed by atoms with Crippen LogP contribution in [0.3, 0.4) is 0 Å². The van der Waals surface area contributed by atoms with E-state index in [2.05, 4.69) is 4.72 Å². The number of ether oxygens (including phenoxy) is 1. The summed E-state index contributed by atoms with van der Waals surface area (Å²) >= 11 is 0. The van der Waals surface area contributed by atoms with Crippen molar-refractivity contribution >= 4 is 15.9 Å². The molecule has 1 fully saturated rings. The van der Waals surface area contributed by atoms with Crippen molar-refractivity contribution in [2.75, 3.05) is 20.2 Å². The van der Waals surface area contributed by atoms with E-state index in [4.69, 9.17) is 4.74 Å². The molecule has 0 aromatic heterocycles. The maximum Gasteiger partial charge on any atom is 0.244 e. The van der Waals surface area contributed by atoms with Crippen molar-refractivity contribution in [1.29, 1.82) is 0 Å². The Morgan fingerprint density at radius 1 is 1.22 bits per heavy atom. The van der Waals surface area contributed by atoms with Gasteiger partial charge >= 0.3 is 0 Å². The number of amides is 1. The first-order valence-corrected chi connectivity index (χ1v) is 9.21. The lowest BCUT2D eigenvalue weighted by molar-refractivity contribution is -0.131. The number of nitrogens with one attached hydrogen (secondary N) is 1. The summed E-state index contributed by atoms with van der Waals surface area (Å²) in [6, 6.07) is 2.46. The molecule has 0 spiro atoms. The summed E-state index contributed by atoms with van der Waals surface area (Å²) in [6.45, 7) is 6.69. The highest BCUT2D eigenvalue weighted by Crippen LogP contribution is 2.27. The van der Waals surface area contributed by atoms with Gasteiger partial charge in [-0.3, -0.25) is 4.79 Å². The zero-order valence-corrected chi connectivity index (χ0v) is 14.9. The lowest BCUT2D eigenvalue weighted by atomic mass is 10.1. The molecule has 1 N–H and O–H groups in total. The highest BCUT2D eigenvalue weighted by Gasteiger charge is 2.29. The predicted octanol–water partition coefficient (Wildman–Crippen LogP) is 1.60. The number of hydrogen-bond acceptors (Lipinski definition) is 4. The molecule has 1 aromatic carbocycles. The largest absolute Gasteiger partial charge is 0.495 e. The average molecular weight is 340 g/mol. The smallest absolute Gasteiger partial charge is 0.244 e. The van der Waals surface area contributed by atoms with E-state index in [1.807, 2.05) is 13.8 Å². The summed E-state index contributed by atoms with van der Waals surface area (Å²) in [4.78, 5) is 14.1. The first-order valence-electron chi connectivity index (χ1n) is 7.72. The van der Waals surface area contributed by atoms with Crippen LogP contribution in [0.5, 0.6) is 5.75 Å². The summed E-state index contributed by atoms with van der Waals surface area (Å²) in [7, 11) is -2.41. The highest BCUT2D eigenvalue weighted by atomic mass is 32.2. The highest BCUT2D eigenvalue weighted by molar-refractivity contribution is 7.89. The number of nitrogens with zero attached hydrogens (tertiary/aromatic N) is 1. The van der Waals surface area contributed by atoms with Crippen molar-refractivity contribution < 1.29 is 17.9 Å². The van der Waals surface area contributed by atoms with E-state index in [0.717, 1.165) is 24.0 Å². The summed E-state index contributed by atoms with van der Waals surface area (Å²) in [5.41, 5.74) is 1.80. The molecule has 128 valence electrons. The maximum absolute atomic E-state index is 12.6. The fraction of sp³-hybridized carbons (Fsp3) is 0.562. The molecule has 1 aromatic rings. The Balaban J connectivity index is 2.24. The molecule has 7 heteroatoms. The molecule has 1 amide bonds. The minimum absolute atomic E-state index is 0.0594.